The summed E-state index contributed by atoms with van der Waals surface area (Å²) in [7, 11) is 0. The molecular weight excluding hydrogens is 352 g/mol. The van der Waals surface area contributed by atoms with Gasteiger partial charge in [0.15, 0.2) is 17.0 Å². The molecule has 150 valence electrons. The molecule has 28 heavy (non-hydrogen) atoms. The molecule has 0 saturated carbocycles. The summed E-state index contributed by atoms with van der Waals surface area (Å²) in [5.74, 6) is 1.30. The average Bonchev–Trinajstić information content (AvgIpc) is 3.14. The fourth-order valence-electron chi connectivity index (χ4n) is 3.18. The predicted octanol–water partition coefficient (Wildman–Crippen LogP) is 4.14. The summed E-state index contributed by atoms with van der Waals surface area (Å²) >= 11 is 0. The fourth-order valence-corrected chi connectivity index (χ4v) is 3.18. The molecule has 1 atom stereocenters. The number of anilines is 3. The third-order valence-corrected chi connectivity index (χ3v) is 4.78. The molecule has 3 aromatic rings. The number of nitrogens with zero attached hydrogens (tertiary/aromatic N) is 5. The Morgan fingerprint density at radius 3 is 2.50 bits per heavy atom. The number of para-hydroxylation sites is 1. The van der Waals surface area contributed by atoms with Gasteiger partial charge in [-0.25, -0.2) is 4.98 Å². The van der Waals surface area contributed by atoms with E-state index in [0.29, 0.717) is 5.95 Å². The Kier molecular flexibility index (Phi) is 6.46. The molecule has 0 radical (unpaired) electrons. The van der Waals surface area contributed by atoms with Gasteiger partial charge in [0.25, 0.3) is 0 Å². The largest absolute Gasteiger partial charge is 0.394 e. The van der Waals surface area contributed by atoms with E-state index >= 15 is 0 Å². The Morgan fingerprint density at radius 1 is 1.14 bits per heavy atom. The normalized spacial score (nSPS) is 12.5. The van der Waals surface area contributed by atoms with Crippen molar-refractivity contribution in [1.29, 1.82) is 0 Å². The second kappa shape index (κ2) is 9.01. The number of aliphatic hydroxyl groups excluding tert-OH is 1. The second-order valence-electron chi connectivity index (χ2n) is 7.21. The molecule has 0 saturated heterocycles. The minimum atomic E-state index is -0.0860. The highest BCUT2D eigenvalue weighted by molar-refractivity contribution is 5.87. The van der Waals surface area contributed by atoms with Gasteiger partial charge in [-0.3, -0.25) is 0 Å². The highest BCUT2D eigenvalue weighted by Crippen LogP contribution is 2.31. The smallest absolute Gasteiger partial charge is 0.227 e. The number of rotatable bonds is 9. The monoisotopic (exact) mass is 382 g/mol. The zero-order valence-corrected chi connectivity index (χ0v) is 17.1. The third-order valence-electron chi connectivity index (χ3n) is 4.78. The first-order valence-electron chi connectivity index (χ1n) is 10.0. The van der Waals surface area contributed by atoms with Crippen LogP contribution < -0.4 is 10.2 Å². The molecule has 0 spiro atoms. The molecule has 2 heterocycles. The van der Waals surface area contributed by atoms with Crippen molar-refractivity contribution >= 4 is 28.6 Å². The van der Waals surface area contributed by atoms with Gasteiger partial charge in [0.2, 0.25) is 5.95 Å². The van der Waals surface area contributed by atoms with Crippen LogP contribution in [-0.4, -0.2) is 43.8 Å². The summed E-state index contributed by atoms with van der Waals surface area (Å²) in [6.07, 6.45) is 3.59. The molecule has 7 nitrogen and oxygen atoms in total. The highest BCUT2D eigenvalue weighted by atomic mass is 16.3. The number of aliphatic hydroxyl groups is 1. The van der Waals surface area contributed by atoms with Crippen LogP contribution >= 0.6 is 0 Å². The molecule has 1 aromatic carbocycles. The summed E-state index contributed by atoms with van der Waals surface area (Å²) in [5.41, 5.74) is 2.66. The topological polar surface area (TPSA) is 79.1 Å². The van der Waals surface area contributed by atoms with Crippen molar-refractivity contribution < 1.29 is 5.11 Å². The van der Waals surface area contributed by atoms with Crippen LogP contribution in [0.2, 0.25) is 0 Å². The lowest BCUT2D eigenvalue weighted by atomic mass is 10.2. The molecule has 0 bridgehead atoms. The molecule has 0 aliphatic carbocycles. The molecule has 0 unspecified atom stereocenters. The van der Waals surface area contributed by atoms with Gasteiger partial charge in [0, 0.05) is 18.3 Å². The van der Waals surface area contributed by atoms with Crippen LogP contribution in [0.4, 0.5) is 17.5 Å². The number of nitrogens with one attached hydrogen (secondary N) is 1. The lowest BCUT2D eigenvalue weighted by molar-refractivity contribution is 0.271. The van der Waals surface area contributed by atoms with Gasteiger partial charge in [-0.1, -0.05) is 32.0 Å². The molecule has 2 aromatic heterocycles. The number of imidazole rings is 1. The van der Waals surface area contributed by atoms with Crippen molar-refractivity contribution in [2.24, 2.45) is 0 Å². The van der Waals surface area contributed by atoms with Crippen LogP contribution in [0.25, 0.3) is 11.2 Å². The van der Waals surface area contributed by atoms with Gasteiger partial charge in [-0.2, -0.15) is 9.97 Å². The van der Waals surface area contributed by atoms with Crippen molar-refractivity contribution in [3.05, 3.63) is 36.7 Å². The zero-order chi connectivity index (χ0) is 20.1. The number of aromatic nitrogens is 4. The second-order valence-corrected chi connectivity index (χ2v) is 7.21. The molecule has 0 aliphatic heterocycles. The maximum Gasteiger partial charge on any atom is 0.227 e. The van der Waals surface area contributed by atoms with Crippen molar-refractivity contribution in [3.8, 4) is 0 Å². The summed E-state index contributed by atoms with van der Waals surface area (Å²) in [4.78, 5) is 16.4. The summed E-state index contributed by atoms with van der Waals surface area (Å²) in [6.45, 7) is 9.26. The third kappa shape index (κ3) is 4.09. The molecular formula is C21H30N6O. The zero-order valence-electron chi connectivity index (χ0n) is 17.1. The van der Waals surface area contributed by atoms with E-state index in [4.69, 9.17) is 9.97 Å². The highest BCUT2D eigenvalue weighted by Gasteiger charge is 2.21. The first-order chi connectivity index (χ1) is 13.6. The van der Waals surface area contributed by atoms with Gasteiger partial charge in [0.05, 0.1) is 19.0 Å². The van der Waals surface area contributed by atoms with Crippen LogP contribution in [0, 0.1) is 0 Å². The van der Waals surface area contributed by atoms with Crippen molar-refractivity contribution in [2.75, 3.05) is 23.4 Å². The molecule has 2 N–H and O–H groups in total. The van der Waals surface area contributed by atoms with E-state index in [1.165, 1.54) is 0 Å². The van der Waals surface area contributed by atoms with Gasteiger partial charge in [-0.15, -0.1) is 0 Å². The molecule has 0 aliphatic rings. The van der Waals surface area contributed by atoms with Crippen molar-refractivity contribution in [3.63, 3.8) is 0 Å². The van der Waals surface area contributed by atoms with Gasteiger partial charge < -0.3 is 19.9 Å². The van der Waals surface area contributed by atoms with Gasteiger partial charge >= 0.3 is 0 Å². The van der Waals surface area contributed by atoms with Crippen LogP contribution in [0.5, 0.6) is 0 Å². The Balaban J connectivity index is 2.18. The Bertz CT molecular complexity index is 889. The maximum atomic E-state index is 9.60. The first kappa shape index (κ1) is 20.1. The van der Waals surface area contributed by atoms with E-state index in [1.54, 1.807) is 0 Å². The number of hydrogen-bond acceptors (Lipinski definition) is 6. The minimum Gasteiger partial charge on any atom is -0.394 e. The Labute approximate surface area is 166 Å². The van der Waals surface area contributed by atoms with Crippen molar-refractivity contribution in [2.45, 2.75) is 52.6 Å². The molecule has 0 amide bonds. The molecule has 3 rings (SSSR count). The van der Waals surface area contributed by atoms with Crippen LogP contribution in [-0.2, 0) is 0 Å². The average molecular weight is 383 g/mol. The lowest BCUT2D eigenvalue weighted by Gasteiger charge is -2.25. The SMILES string of the molecule is CCCN(c1ccccc1)c1nc(N[C@H](CC)CO)nc2c1ncn2C(C)C. The quantitative estimate of drug-likeness (QED) is 0.579. The van der Waals surface area contributed by atoms with E-state index in [0.717, 1.165) is 42.1 Å². The predicted molar refractivity (Wildman–Crippen MR) is 114 cm³/mol. The van der Waals surface area contributed by atoms with E-state index in [-0.39, 0.29) is 18.7 Å². The minimum absolute atomic E-state index is 0.0357. The summed E-state index contributed by atoms with van der Waals surface area (Å²) in [6, 6.07) is 10.4. The fraction of sp³-hybridized carbons (Fsp3) is 0.476. The summed E-state index contributed by atoms with van der Waals surface area (Å²) < 4.78 is 2.06. The maximum absolute atomic E-state index is 9.60. The van der Waals surface area contributed by atoms with E-state index < -0.39 is 0 Å². The molecule has 0 fully saturated rings. The van der Waals surface area contributed by atoms with Crippen LogP contribution in [0.3, 0.4) is 0 Å². The van der Waals surface area contributed by atoms with Crippen LogP contribution in [0.15, 0.2) is 36.7 Å². The van der Waals surface area contributed by atoms with Gasteiger partial charge in [0.1, 0.15) is 0 Å². The Morgan fingerprint density at radius 2 is 1.89 bits per heavy atom. The van der Waals surface area contributed by atoms with Crippen LogP contribution in [0.1, 0.15) is 46.6 Å². The van der Waals surface area contributed by atoms with E-state index in [1.807, 2.05) is 31.5 Å². The number of fused-ring (bicyclic) bond motifs is 1. The van der Waals surface area contributed by atoms with E-state index in [2.05, 4.69) is 52.7 Å². The number of hydrogen-bond donors (Lipinski definition) is 2. The van der Waals surface area contributed by atoms with Gasteiger partial charge in [-0.05, 0) is 38.8 Å². The molecule has 7 heteroatoms. The lowest BCUT2D eigenvalue weighted by Crippen LogP contribution is -2.25. The standard InChI is InChI=1S/C21H30N6O/c1-5-12-26(17-10-8-7-9-11-17)19-18-20(27(14-22-18)15(3)4)25-21(24-19)23-16(6-2)13-28/h7-11,14-16,28H,5-6,12-13H2,1-4H3,(H,23,24,25)/t16-/m1/s1. The Hall–Kier alpha value is -2.67. The van der Waals surface area contributed by atoms with Crippen molar-refractivity contribution in [1.82, 2.24) is 19.5 Å². The summed E-state index contributed by atoms with van der Waals surface area (Å²) in [5, 5.41) is 12.9. The van der Waals surface area contributed by atoms with E-state index in [9.17, 15) is 5.11 Å². The first-order valence-corrected chi connectivity index (χ1v) is 10.0. The number of benzene rings is 1.